The van der Waals surface area contributed by atoms with Crippen LogP contribution in [0.25, 0.3) is 0 Å². The molecule has 0 saturated heterocycles. The van der Waals surface area contributed by atoms with Crippen LogP contribution in [0, 0.1) is 0 Å². The van der Waals surface area contributed by atoms with E-state index in [2.05, 4.69) is 24.3 Å². The molecular formula is C15H19Cl2N3. The molecule has 1 aromatic heterocycles. The molecule has 1 N–H and O–H groups in total. The van der Waals surface area contributed by atoms with Crippen molar-refractivity contribution in [3.63, 3.8) is 0 Å². The van der Waals surface area contributed by atoms with Gasteiger partial charge in [0.25, 0.3) is 0 Å². The average molecular weight is 312 g/mol. The summed E-state index contributed by atoms with van der Waals surface area (Å²) in [6, 6.07) is 7.96. The summed E-state index contributed by atoms with van der Waals surface area (Å²) in [5.74, 6) is 0. The lowest BCUT2D eigenvalue weighted by atomic mass is 10.2. The highest BCUT2D eigenvalue weighted by atomic mass is 35.5. The van der Waals surface area contributed by atoms with E-state index < -0.39 is 0 Å². The Morgan fingerprint density at radius 2 is 1.80 bits per heavy atom. The van der Waals surface area contributed by atoms with Crippen molar-refractivity contribution in [1.82, 2.24) is 9.78 Å². The van der Waals surface area contributed by atoms with Gasteiger partial charge in [-0.05, 0) is 31.0 Å². The number of halogens is 2. The molecule has 0 spiro atoms. The average Bonchev–Trinajstić information content (AvgIpc) is 2.88. The summed E-state index contributed by atoms with van der Waals surface area (Å²) in [6.07, 6.45) is 4.20. The molecule has 3 nitrogen and oxygen atoms in total. The van der Waals surface area contributed by atoms with Crippen molar-refractivity contribution in [2.24, 2.45) is 0 Å². The van der Waals surface area contributed by atoms with Crippen LogP contribution in [-0.2, 0) is 6.54 Å². The molecule has 0 bridgehead atoms. The first-order valence-corrected chi connectivity index (χ1v) is 7.63. The molecule has 20 heavy (non-hydrogen) atoms. The minimum Gasteiger partial charge on any atom is -0.377 e. The Morgan fingerprint density at radius 1 is 1.15 bits per heavy atom. The van der Waals surface area contributed by atoms with Gasteiger partial charge in [0.2, 0.25) is 0 Å². The highest BCUT2D eigenvalue weighted by molar-refractivity contribution is 6.39. The van der Waals surface area contributed by atoms with Gasteiger partial charge >= 0.3 is 0 Å². The Balaban J connectivity index is 2.05. The van der Waals surface area contributed by atoms with Crippen LogP contribution in [0.15, 0.2) is 30.5 Å². The van der Waals surface area contributed by atoms with Crippen LogP contribution in [0.2, 0.25) is 10.0 Å². The molecule has 0 fully saturated rings. The molecule has 0 aliphatic carbocycles. The fraction of sp³-hybridized carbons (Fsp3) is 0.400. The number of nitrogens with zero attached hydrogens (tertiary/aromatic N) is 2. The second-order valence-electron chi connectivity index (χ2n) is 4.71. The Labute approximate surface area is 129 Å². The third kappa shape index (κ3) is 3.47. The van der Waals surface area contributed by atoms with Crippen molar-refractivity contribution in [2.45, 2.75) is 39.3 Å². The first-order chi connectivity index (χ1) is 9.65. The second kappa shape index (κ2) is 7.00. The number of hydrogen-bond acceptors (Lipinski definition) is 2. The lowest BCUT2D eigenvalue weighted by molar-refractivity contribution is 0.426. The van der Waals surface area contributed by atoms with E-state index in [1.807, 2.05) is 35.1 Å². The highest BCUT2D eigenvalue weighted by Crippen LogP contribution is 2.30. The van der Waals surface area contributed by atoms with Crippen LogP contribution in [0.3, 0.4) is 0 Å². The molecule has 5 heteroatoms. The summed E-state index contributed by atoms with van der Waals surface area (Å²) in [5.41, 5.74) is 1.74. The summed E-state index contributed by atoms with van der Waals surface area (Å²) >= 11 is 12.2. The van der Waals surface area contributed by atoms with Crippen LogP contribution >= 0.6 is 23.2 Å². The van der Waals surface area contributed by atoms with Crippen LogP contribution in [-0.4, -0.2) is 9.78 Å². The fourth-order valence-electron chi connectivity index (χ4n) is 2.18. The normalized spacial score (nSPS) is 11.1. The van der Waals surface area contributed by atoms with Gasteiger partial charge in [0.05, 0.1) is 34.0 Å². The van der Waals surface area contributed by atoms with Crippen LogP contribution in [0.5, 0.6) is 0 Å². The number of para-hydroxylation sites is 1. The lowest BCUT2D eigenvalue weighted by Gasteiger charge is -2.12. The fourth-order valence-corrected chi connectivity index (χ4v) is 2.71. The van der Waals surface area contributed by atoms with Crippen molar-refractivity contribution in [2.75, 3.05) is 5.32 Å². The number of anilines is 1. The Hall–Kier alpha value is -1.19. The maximum atomic E-state index is 6.12. The van der Waals surface area contributed by atoms with Gasteiger partial charge in [0.1, 0.15) is 0 Å². The number of rotatable bonds is 6. The standard InChI is InChI=1S/C15H19Cl2N3/c1-3-12(4-2)20-9-8-11(19-20)10-18-15-13(16)6-5-7-14(15)17/h5-9,12,18H,3-4,10H2,1-2H3. The maximum absolute atomic E-state index is 6.12. The molecule has 2 aromatic rings. The van der Waals surface area contributed by atoms with Crippen molar-refractivity contribution in [3.05, 3.63) is 46.2 Å². The van der Waals surface area contributed by atoms with E-state index in [0.29, 0.717) is 22.6 Å². The SMILES string of the molecule is CCC(CC)n1ccc(CNc2c(Cl)cccc2Cl)n1. The largest absolute Gasteiger partial charge is 0.377 e. The zero-order valence-corrected chi connectivity index (χ0v) is 13.2. The molecule has 0 unspecified atom stereocenters. The summed E-state index contributed by atoms with van der Waals surface area (Å²) in [5, 5.41) is 9.09. The Morgan fingerprint density at radius 3 is 2.40 bits per heavy atom. The zero-order valence-electron chi connectivity index (χ0n) is 11.7. The second-order valence-corrected chi connectivity index (χ2v) is 5.52. The minimum atomic E-state index is 0.465. The molecule has 0 aliphatic rings. The van der Waals surface area contributed by atoms with E-state index in [-0.39, 0.29) is 0 Å². The quantitative estimate of drug-likeness (QED) is 0.798. The van der Waals surface area contributed by atoms with E-state index in [1.54, 1.807) is 0 Å². The smallest absolute Gasteiger partial charge is 0.0815 e. The number of benzene rings is 1. The van der Waals surface area contributed by atoms with E-state index >= 15 is 0 Å². The van der Waals surface area contributed by atoms with Gasteiger partial charge in [-0.25, -0.2) is 0 Å². The third-order valence-electron chi connectivity index (χ3n) is 3.39. The van der Waals surface area contributed by atoms with Gasteiger partial charge in [-0.1, -0.05) is 43.1 Å². The zero-order chi connectivity index (χ0) is 14.5. The predicted octanol–water partition coefficient (Wildman–Crippen LogP) is 5.16. The molecule has 1 heterocycles. The van der Waals surface area contributed by atoms with Gasteiger partial charge in [-0.15, -0.1) is 0 Å². The number of hydrogen-bond donors (Lipinski definition) is 1. The van der Waals surface area contributed by atoms with Gasteiger partial charge in [-0.2, -0.15) is 5.10 Å². The van der Waals surface area contributed by atoms with Crippen molar-refractivity contribution < 1.29 is 0 Å². The first-order valence-electron chi connectivity index (χ1n) is 6.87. The van der Waals surface area contributed by atoms with Crippen molar-refractivity contribution >= 4 is 28.9 Å². The minimum absolute atomic E-state index is 0.465. The van der Waals surface area contributed by atoms with Crippen LogP contribution in [0.4, 0.5) is 5.69 Å². The molecule has 1 aromatic carbocycles. The Kier molecular flexibility index (Phi) is 5.32. The summed E-state index contributed by atoms with van der Waals surface area (Å²) in [4.78, 5) is 0. The lowest BCUT2D eigenvalue weighted by Crippen LogP contribution is -2.09. The molecule has 0 aliphatic heterocycles. The Bertz CT molecular complexity index is 542. The van der Waals surface area contributed by atoms with Crippen molar-refractivity contribution in [3.8, 4) is 0 Å². The molecular weight excluding hydrogens is 293 g/mol. The summed E-state index contributed by atoms with van der Waals surface area (Å²) in [7, 11) is 0. The van der Waals surface area contributed by atoms with Gasteiger partial charge in [0, 0.05) is 6.20 Å². The third-order valence-corrected chi connectivity index (χ3v) is 4.02. The summed E-state index contributed by atoms with van der Waals surface area (Å²) in [6.45, 7) is 4.96. The van der Waals surface area contributed by atoms with E-state index in [9.17, 15) is 0 Å². The monoisotopic (exact) mass is 311 g/mol. The first kappa shape index (κ1) is 15.2. The van der Waals surface area contributed by atoms with E-state index in [1.165, 1.54) is 0 Å². The molecule has 108 valence electrons. The predicted molar refractivity (Wildman–Crippen MR) is 85.6 cm³/mol. The van der Waals surface area contributed by atoms with E-state index in [0.717, 1.165) is 24.2 Å². The molecule has 0 radical (unpaired) electrons. The topological polar surface area (TPSA) is 29.9 Å². The van der Waals surface area contributed by atoms with Gasteiger partial charge in [0.15, 0.2) is 0 Å². The van der Waals surface area contributed by atoms with Crippen LogP contribution < -0.4 is 5.32 Å². The molecule has 2 rings (SSSR count). The number of nitrogens with one attached hydrogen (secondary N) is 1. The molecule has 0 saturated carbocycles. The summed E-state index contributed by atoms with van der Waals surface area (Å²) < 4.78 is 2.03. The van der Waals surface area contributed by atoms with Gasteiger partial charge < -0.3 is 5.32 Å². The van der Waals surface area contributed by atoms with E-state index in [4.69, 9.17) is 23.2 Å². The number of aromatic nitrogens is 2. The maximum Gasteiger partial charge on any atom is 0.0815 e. The molecule has 0 atom stereocenters. The molecule has 0 amide bonds. The highest BCUT2D eigenvalue weighted by Gasteiger charge is 2.09. The van der Waals surface area contributed by atoms with Crippen LogP contribution in [0.1, 0.15) is 38.4 Å². The van der Waals surface area contributed by atoms with Gasteiger partial charge in [-0.3, -0.25) is 4.68 Å². The van der Waals surface area contributed by atoms with Crippen molar-refractivity contribution in [1.29, 1.82) is 0 Å².